The Labute approximate surface area is 304 Å². The average molecular weight is 739 g/mol. The molecule has 1 saturated carbocycles. The van der Waals surface area contributed by atoms with E-state index in [0.717, 1.165) is 42.0 Å². The van der Waals surface area contributed by atoms with E-state index in [1.807, 2.05) is 30.3 Å². The fourth-order valence-corrected chi connectivity index (χ4v) is 7.90. The third-order valence-corrected chi connectivity index (χ3v) is 11.2. The number of benzene rings is 4. The lowest BCUT2D eigenvalue weighted by atomic mass is 9.94. The highest BCUT2D eigenvalue weighted by atomic mass is 35.5. The van der Waals surface area contributed by atoms with Gasteiger partial charge in [0, 0.05) is 35.1 Å². The van der Waals surface area contributed by atoms with Crippen molar-refractivity contribution in [2.24, 2.45) is 0 Å². The number of nitrogens with one attached hydrogen (secondary N) is 1. The van der Waals surface area contributed by atoms with E-state index in [4.69, 9.17) is 32.7 Å². The molecule has 1 N–H and O–H groups in total. The van der Waals surface area contributed by atoms with E-state index in [0.29, 0.717) is 21.4 Å². The van der Waals surface area contributed by atoms with Crippen LogP contribution in [0.5, 0.6) is 11.5 Å². The molecule has 4 aromatic carbocycles. The monoisotopic (exact) mass is 737 g/mol. The Morgan fingerprint density at radius 1 is 0.840 bits per heavy atom. The van der Waals surface area contributed by atoms with Crippen molar-refractivity contribution >= 4 is 50.7 Å². The summed E-state index contributed by atoms with van der Waals surface area (Å²) in [5.74, 6) is -0.344. The van der Waals surface area contributed by atoms with Crippen molar-refractivity contribution in [1.29, 1.82) is 0 Å². The Balaban J connectivity index is 1.58. The summed E-state index contributed by atoms with van der Waals surface area (Å²) in [5.41, 5.74) is 1.68. The van der Waals surface area contributed by atoms with Gasteiger partial charge in [-0.15, -0.1) is 0 Å². The summed E-state index contributed by atoms with van der Waals surface area (Å²) in [6, 6.07) is 26.0. The van der Waals surface area contributed by atoms with Crippen LogP contribution < -0.4 is 19.1 Å². The van der Waals surface area contributed by atoms with E-state index in [1.165, 1.54) is 49.5 Å². The predicted octanol–water partition coefficient (Wildman–Crippen LogP) is 7.29. The maximum absolute atomic E-state index is 14.8. The van der Waals surface area contributed by atoms with Gasteiger partial charge in [-0.25, -0.2) is 8.42 Å². The summed E-state index contributed by atoms with van der Waals surface area (Å²) >= 11 is 12.8. The van der Waals surface area contributed by atoms with Crippen molar-refractivity contribution in [3.05, 3.63) is 118 Å². The molecule has 0 radical (unpaired) electrons. The molecule has 1 aliphatic rings. The van der Waals surface area contributed by atoms with E-state index in [9.17, 15) is 18.0 Å². The minimum Gasteiger partial charge on any atom is -0.493 e. The van der Waals surface area contributed by atoms with Crippen molar-refractivity contribution in [1.82, 2.24) is 10.2 Å². The maximum atomic E-state index is 14.8. The van der Waals surface area contributed by atoms with Crippen molar-refractivity contribution in [3.8, 4) is 11.5 Å². The highest BCUT2D eigenvalue weighted by molar-refractivity contribution is 7.92. The van der Waals surface area contributed by atoms with Crippen LogP contribution in [0.4, 0.5) is 5.69 Å². The zero-order chi connectivity index (χ0) is 35.7. The summed E-state index contributed by atoms with van der Waals surface area (Å²) in [5, 5.41) is 4.02. The Morgan fingerprint density at radius 2 is 1.50 bits per heavy atom. The van der Waals surface area contributed by atoms with Gasteiger partial charge in [-0.05, 0) is 66.4 Å². The van der Waals surface area contributed by atoms with Gasteiger partial charge in [0.25, 0.3) is 10.0 Å². The Kier molecular flexibility index (Phi) is 12.7. The van der Waals surface area contributed by atoms with E-state index in [1.54, 1.807) is 36.4 Å². The number of halogens is 2. The molecular weight excluding hydrogens is 697 g/mol. The molecule has 4 aromatic rings. The molecule has 0 unspecified atom stereocenters. The standard InChI is InChI=1S/C38H41Cl2N3O6S/c1-48-35-22-21-32(24-36(35)49-2)50(46,47)43(31-19-17-29(39)18-20-31)26-37(44)42(25-28-13-9-10-16-33(28)40)34(23-27-11-5-3-6-12-27)38(45)41-30-14-7-4-8-15-30/h3,5-6,9-13,16-22,24,30,34H,4,7-8,14-15,23,25-26H2,1-2H3,(H,41,45)/t34-/m1/s1. The lowest BCUT2D eigenvalue weighted by Crippen LogP contribution is -2.55. The summed E-state index contributed by atoms with van der Waals surface area (Å²) in [6.45, 7) is -0.649. The zero-order valence-electron chi connectivity index (χ0n) is 28.1. The number of sulfonamides is 1. The molecule has 5 rings (SSSR count). The number of ether oxygens (including phenoxy) is 2. The molecule has 0 aliphatic heterocycles. The second-order valence-corrected chi connectivity index (χ2v) is 14.9. The highest BCUT2D eigenvalue weighted by Gasteiger charge is 2.36. The number of nitrogens with zero attached hydrogens (tertiary/aromatic N) is 2. The average Bonchev–Trinajstić information content (AvgIpc) is 3.13. The third-order valence-electron chi connectivity index (χ3n) is 8.86. The van der Waals surface area contributed by atoms with E-state index in [2.05, 4.69) is 5.32 Å². The first-order valence-corrected chi connectivity index (χ1v) is 18.7. The number of amides is 2. The molecule has 0 spiro atoms. The normalized spacial score (nSPS) is 14.0. The second-order valence-electron chi connectivity index (χ2n) is 12.2. The van der Waals surface area contributed by atoms with Crippen molar-refractivity contribution < 1.29 is 27.5 Å². The van der Waals surface area contributed by atoms with Crippen LogP contribution in [0.2, 0.25) is 10.0 Å². The summed E-state index contributed by atoms with van der Waals surface area (Å²) in [6.07, 6.45) is 5.07. The Bertz CT molecular complexity index is 1870. The van der Waals surface area contributed by atoms with Crippen LogP contribution in [0, 0.1) is 0 Å². The van der Waals surface area contributed by atoms with E-state index in [-0.39, 0.29) is 41.2 Å². The lowest BCUT2D eigenvalue weighted by Gasteiger charge is -2.35. The minimum atomic E-state index is -4.38. The third kappa shape index (κ3) is 9.10. The van der Waals surface area contributed by atoms with Gasteiger partial charge in [0.05, 0.1) is 24.8 Å². The summed E-state index contributed by atoms with van der Waals surface area (Å²) in [4.78, 5) is 30.4. The molecular formula is C38H41Cl2N3O6S. The maximum Gasteiger partial charge on any atom is 0.264 e. The van der Waals surface area contributed by atoms with Gasteiger partial charge in [0.15, 0.2) is 11.5 Å². The Morgan fingerprint density at radius 3 is 2.16 bits per heavy atom. The first-order chi connectivity index (χ1) is 24.1. The fourth-order valence-electron chi connectivity index (χ4n) is 6.15. The quantitative estimate of drug-likeness (QED) is 0.146. The molecule has 12 heteroatoms. The van der Waals surface area contributed by atoms with Gasteiger partial charge in [-0.2, -0.15) is 0 Å². The van der Waals surface area contributed by atoms with Crippen molar-refractivity contribution in [2.75, 3.05) is 25.1 Å². The van der Waals surface area contributed by atoms with Gasteiger partial charge in [-0.1, -0.05) is 91.0 Å². The number of methoxy groups -OCH3 is 2. The van der Waals surface area contributed by atoms with Crippen LogP contribution in [0.3, 0.4) is 0 Å². The van der Waals surface area contributed by atoms with Gasteiger partial charge in [-0.3, -0.25) is 13.9 Å². The molecule has 1 fully saturated rings. The number of hydrogen-bond donors (Lipinski definition) is 1. The Hall–Kier alpha value is -4.25. The van der Waals surface area contributed by atoms with Crippen LogP contribution in [-0.4, -0.2) is 58.0 Å². The van der Waals surface area contributed by atoms with Crippen molar-refractivity contribution in [3.63, 3.8) is 0 Å². The predicted molar refractivity (Wildman–Crippen MR) is 196 cm³/mol. The highest BCUT2D eigenvalue weighted by Crippen LogP contribution is 2.33. The SMILES string of the molecule is COc1ccc(S(=O)(=O)N(CC(=O)N(Cc2ccccc2Cl)[C@H](Cc2ccccc2)C(=O)NC2CCCCC2)c2ccc(Cl)cc2)cc1OC. The molecule has 1 atom stereocenters. The molecule has 0 bridgehead atoms. The smallest absolute Gasteiger partial charge is 0.264 e. The van der Waals surface area contributed by atoms with Crippen LogP contribution in [0.15, 0.2) is 102 Å². The number of carbonyl (C=O) groups excluding carboxylic acids is 2. The van der Waals surface area contributed by atoms with Crippen molar-refractivity contribution in [2.45, 2.75) is 62.0 Å². The molecule has 0 aromatic heterocycles. The van der Waals surface area contributed by atoms with Gasteiger partial charge >= 0.3 is 0 Å². The molecule has 2 amide bonds. The number of anilines is 1. The van der Waals surface area contributed by atoms with E-state index >= 15 is 0 Å². The summed E-state index contributed by atoms with van der Waals surface area (Å²) in [7, 11) is -1.52. The molecule has 9 nitrogen and oxygen atoms in total. The number of rotatable bonds is 14. The first-order valence-electron chi connectivity index (χ1n) is 16.5. The van der Waals surface area contributed by atoms with Crippen LogP contribution in [-0.2, 0) is 32.6 Å². The van der Waals surface area contributed by atoms with E-state index < -0.39 is 28.5 Å². The zero-order valence-corrected chi connectivity index (χ0v) is 30.4. The van der Waals surface area contributed by atoms with Gasteiger partial charge in [0.1, 0.15) is 12.6 Å². The van der Waals surface area contributed by atoms with Gasteiger partial charge < -0.3 is 19.7 Å². The fraction of sp³-hybridized carbons (Fsp3) is 0.316. The topological polar surface area (TPSA) is 105 Å². The molecule has 264 valence electrons. The van der Waals surface area contributed by atoms with Crippen LogP contribution in [0.25, 0.3) is 0 Å². The second kappa shape index (κ2) is 17.1. The van der Waals surface area contributed by atoms with Gasteiger partial charge in [0.2, 0.25) is 11.8 Å². The largest absolute Gasteiger partial charge is 0.493 e. The first kappa shape index (κ1) is 37.0. The van der Waals surface area contributed by atoms with Crippen LogP contribution >= 0.6 is 23.2 Å². The van der Waals surface area contributed by atoms with Crippen LogP contribution in [0.1, 0.15) is 43.2 Å². The summed E-state index contributed by atoms with van der Waals surface area (Å²) < 4.78 is 40.6. The molecule has 50 heavy (non-hydrogen) atoms. The molecule has 0 heterocycles. The number of hydrogen-bond acceptors (Lipinski definition) is 6. The number of carbonyl (C=O) groups is 2. The minimum absolute atomic E-state index is 0.0113. The molecule has 0 saturated heterocycles. The lowest BCUT2D eigenvalue weighted by molar-refractivity contribution is -0.140. The molecule has 1 aliphatic carbocycles.